The van der Waals surface area contributed by atoms with Crippen LogP contribution in [0.3, 0.4) is 0 Å². The third-order valence-electron chi connectivity index (χ3n) is 13.4. The Bertz CT molecular complexity index is 3060. The van der Waals surface area contributed by atoms with Crippen LogP contribution in [0.15, 0.2) is 249 Å². The number of benzene rings is 9. The van der Waals surface area contributed by atoms with Crippen LogP contribution in [0, 0.1) is 11.6 Å². The van der Waals surface area contributed by atoms with Gasteiger partial charge in [0, 0.05) is 0 Å². The molecule has 76 heavy (non-hydrogen) atoms. The summed E-state index contributed by atoms with van der Waals surface area (Å²) in [6.45, 7) is -10.9. The van der Waals surface area contributed by atoms with Crippen molar-refractivity contribution in [3.05, 3.63) is 283 Å². The second-order valence-electron chi connectivity index (χ2n) is 18.0. The maximum absolute atomic E-state index is 15.5. The first kappa shape index (κ1) is 53.2. The molecule has 0 radical (unpaired) electrons. The van der Waals surface area contributed by atoms with Crippen molar-refractivity contribution in [2.75, 3.05) is 12.3 Å². The molecule has 0 aliphatic carbocycles. The molecular weight excluding hydrogens is 1030 g/mol. The molecule has 9 aromatic carbocycles. The number of halogens is 8. The van der Waals surface area contributed by atoms with Crippen LogP contribution in [0.25, 0.3) is 0 Å². The monoisotopic (exact) mass is 1070 g/mol. The van der Waals surface area contributed by atoms with Crippen LogP contribution >= 0.6 is 13.7 Å². The quantitative estimate of drug-likeness (QED) is 0.0371. The van der Waals surface area contributed by atoms with Gasteiger partial charge in [-0.1, -0.05) is 0 Å². The zero-order chi connectivity index (χ0) is 53.7. The third kappa shape index (κ3) is 10.0. The first-order valence-electron chi connectivity index (χ1n) is 23.7. The van der Waals surface area contributed by atoms with Crippen molar-refractivity contribution in [3.8, 4) is 5.75 Å². The van der Waals surface area contributed by atoms with Gasteiger partial charge in [-0.2, -0.15) is 0 Å². The van der Waals surface area contributed by atoms with Gasteiger partial charge in [-0.25, -0.2) is 0 Å². The van der Waals surface area contributed by atoms with Gasteiger partial charge in [-0.05, 0) is 0 Å². The van der Waals surface area contributed by atoms with E-state index in [-0.39, 0.29) is 17.2 Å². The summed E-state index contributed by atoms with van der Waals surface area (Å²) < 4.78 is 143. The number of alkyl halides is 6. The van der Waals surface area contributed by atoms with Gasteiger partial charge in [0.05, 0.1) is 0 Å². The predicted octanol–water partition coefficient (Wildman–Crippen LogP) is 13.1. The molecule has 0 aliphatic heterocycles. The Labute approximate surface area is 434 Å². The van der Waals surface area contributed by atoms with E-state index in [0.29, 0.717) is 44.0 Å². The number of Topliss-reactive ketones (excluding diaryl/α,β-unsaturated/α-hetero) is 2. The van der Waals surface area contributed by atoms with Gasteiger partial charge in [0.1, 0.15) is 0 Å². The van der Waals surface area contributed by atoms with Crippen molar-refractivity contribution in [2.24, 2.45) is 0 Å². The normalized spacial score (nSPS) is 13.1. The summed E-state index contributed by atoms with van der Waals surface area (Å²) in [4.78, 5) is 31.0. The SMILES string of the molecule is O=C(CP(OB(Oc1cc(C(F)(F)F)cc(C(F)(F)F)c1)OP(CC(=O)c1cccc(F)c1)(c1ccccc1)(c1ccccc1)c1ccccc1)(c1ccccc1)(c1ccccc1)c1ccccc1)c1cccc(F)c1. The average molecular weight is 1070 g/mol. The molecule has 0 N–H and O–H groups in total. The zero-order valence-electron chi connectivity index (χ0n) is 40.1. The molecule has 0 spiro atoms. The van der Waals surface area contributed by atoms with Crippen molar-refractivity contribution in [3.63, 3.8) is 0 Å². The number of hydrogen-bond acceptors (Lipinski definition) is 5. The van der Waals surface area contributed by atoms with Crippen molar-refractivity contribution in [2.45, 2.75) is 12.4 Å². The van der Waals surface area contributed by atoms with Gasteiger partial charge in [0.25, 0.3) is 0 Å². The summed E-state index contributed by atoms with van der Waals surface area (Å²) >= 11 is 0. The first-order valence-corrected chi connectivity index (χ1v) is 28.4. The second-order valence-corrected chi connectivity index (χ2v) is 27.0. The van der Waals surface area contributed by atoms with E-state index < -0.39 is 85.7 Å². The van der Waals surface area contributed by atoms with E-state index in [1.54, 1.807) is 182 Å². The molecule has 9 aromatic rings. The summed E-state index contributed by atoms with van der Waals surface area (Å²) in [7, 11) is -2.51. The number of ketones is 2. The molecule has 5 nitrogen and oxygen atoms in total. The summed E-state index contributed by atoms with van der Waals surface area (Å²) in [5.41, 5.74) is -3.64. The minimum absolute atomic E-state index is 0.0469. The van der Waals surface area contributed by atoms with Crippen LogP contribution in [-0.4, -0.2) is 31.2 Å². The summed E-state index contributed by atoms with van der Waals surface area (Å²) in [5.74, 6) is -3.86. The first-order chi connectivity index (χ1) is 36.4. The Hall–Kier alpha value is -7.60. The third-order valence-corrected chi connectivity index (χ3v) is 24.8. The molecule has 0 heterocycles. The van der Waals surface area contributed by atoms with Crippen LogP contribution in [0.2, 0.25) is 0 Å². The maximum atomic E-state index is 15.5. The Morgan fingerprint density at radius 3 is 0.895 bits per heavy atom. The molecule has 384 valence electrons. The van der Waals surface area contributed by atoms with E-state index in [2.05, 4.69) is 0 Å². The summed E-state index contributed by atoms with van der Waals surface area (Å²) in [6.07, 6.45) is -12.0. The molecule has 0 atom stereocenters. The fourth-order valence-corrected chi connectivity index (χ4v) is 21.0. The van der Waals surface area contributed by atoms with Gasteiger partial charge < -0.3 is 0 Å². The van der Waals surface area contributed by atoms with Crippen LogP contribution in [0.4, 0.5) is 35.1 Å². The minimum atomic E-state index is -5.45. The van der Waals surface area contributed by atoms with Crippen LogP contribution < -0.4 is 36.5 Å². The fraction of sp³-hybridized carbons (Fsp3) is 0.0667. The van der Waals surface area contributed by atoms with E-state index in [4.69, 9.17) is 13.5 Å². The van der Waals surface area contributed by atoms with E-state index in [9.17, 15) is 26.3 Å². The summed E-state index contributed by atoms with van der Waals surface area (Å²) in [5, 5.41) is 1.85. The molecule has 0 fully saturated rings. The molecule has 0 aliphatic rings. The molecular formula is C60H45BF8O5P2. The topological polar surface area (TPSA) is 61.8 Å². The molecule has 0 saturated heterocycles. The molecule has 16 heteroatoms. The fourth-order valence-electron chi connectivity index (χ4n) is 9.94. The van der Waals surface area contributed by atoms with Crippen LogP contribution in [0.5, 0.6) is 5.75 Å². The number of rotatable bonds is 18. The van der Waals surface area contributed by atoms with Crippen LogP contribution in [0.1, 0.15) is 31.8 Å². The van der Waals surface area contributed by atoms with Gasteiger partial charge in [0.15, 0.2) is 0 Å². The molecule has 0 unspecified atom stereocenters. The standard InChI is InChI=1S/C60H45BF8O5P2/c62-48-23-19-21-44(37-48)57(70)42-75(51-25-7-1-8-26-51,52-27-9-2-10-28-52,53-29-11-3-12-30-53)73-61(72-50-40-46(59(64,65)66)39-47(41-50)60(67,68)69)74-76(54-31-13-4-14-32-54,55-33-15-5-16-34-55,56-35-17-6-18-36-56)43-58(71)45-22-20-24-49(63)38-45/h1-41H,42-43H2. The predicted molar refractivity (Wildman–Crippen MR) is 286 cm³/mol. The van der Waals surface area contributed by atoms with Gasteiger partial charge in [-0.3, -0.25) is 0 Å². The Kier molecular flexibility index (Phi) is 14.9. The Morgan fingerprint density at radius 1 is 0.368 bits per heavy atom. The van der Waals surface area contributed by atoms with E-state index in [0.717, 1.165) is 24.3 Å². The van der Waals surface area contributed by atoms with Gasteiger partial charge in [0.2, 0.25) is 0 Å². The molecule has 0 saturated carbocycles. The van der Waals surface area contributed by atoms with E-state index >= 15 is 18.4 Å². The average Bonchev–Trinajstić information content (AvgIpc) is 3.50. The van der Waals surface area contributed by atoms with Crippen LogP contribution in [-0.2, 0) is 21.2 Å². The Balaban J connectivity index is 1.47. The molecule has 0 bridgehead atoms. The van der Waals surface area contributed by atoms with Crippen molar-refractivity contribution < 1.29 is 58.2 Å². The molecule has 0 amide bonds. The number of hydrogen-bond donors (Lipinski definition) is 0. The van der Waals surface area contributed by atoms with E-state index in [1.807, 2.05) is 0 Å². The van der Waals surface area contributed by atoms with Crippen molar-refractivity contribution >= 4 is 64.4 Å². The number of carbonyl (C=O) groups is 2. The Morgan fingerprint density at radius 2 is 0.645 bits per heavy atom. The van der Waals surface area contributed by atoms with Crippen molar-refractivity contribution in [1.82, 2.24) is 0 Å². The van der Waals surface area contributed by atoms with Gasteiger partial charge >= 0.3 is 436 Å². The second kappa shape index (κ2) is 21.2. The van der Waals surface area contributed by atoms with Gasteiger partial charge in [-0.15, -0.1) is 0 Å². The zero-order valence-corrected chi connectivity index (χ0v) is 41.9. The molecule has 0 aromatic heterocycles. The molecule has 9 rings (SSSR count). The van der Waals surface area contributed by atoms with Crippen molar-refractivity contribution in [1.29, 1.82) is 0 Å². The summed E-state index contributed by atoms with van der Waals surface area (Å²) in [6, 6.07) is 61.1. The van der Waals surface area contributed by atoms with E-state index in [1.165, 1.54) is 24.3 Å². The number of carbonyl (C=O) groups excluding carboxylic acids is 2.